The SMILES string of the molecule is CCCNC(C)CCC1CC1c1ccccc1. The Morgan fingerprint density at radius 1 is 1.29 bits per heavy atom. The van der Waals surface area contributed by atoms with Crippen molar-refractivity contribution in [2.45, 2.75) is 51.5 Å². The molecule has 94 valence electrons. The molecule has 1 aromatic carbocycles. The second kappa shape index (κ2) is 6.20. The van der Waals surface area contributed by atoms with Crippen LogP contribution < -0.4 is 5.32 Å². The van der Waals surface area contributed by atoms with E-state index < -0.39 is 0 Å². The number of hydrogen-bond donors (Lipinski definition) is 1. The van der Waals surface area contributed by atoms with Crippen molar-refractivity contribution in [2.24, 2.45) is 5.92 Å². The molecule has 17 heavy (non-hydrogen) atoms. The third-order valence-corrected chi connectivity index (χ3v) is 3.86. The molecular weight excluding hydrogens is 206 g/mol. The van der Waals surface area contributed by atoms with Gasteiger partial charge in [0.05, 0.1) is 0 Å². The topological polar surface area (TPSA) is 12.0 Å². The van der Waals surface area contributed by atoms with Crippen LogP contribution in [0.4, 0.5) is 0 Å². The molecule has 1 fully saturated rings. The Hall–Kier alpha value is -0.820. The summed E-state index contributed by atoms with van der Waals surface area (Å²) >= 11 is 0. The highest BCUT2D eigenvalue weighted by Crippen LogP contribution is 2.50. The van der Waals surface area contributed by atoms with Gasteiger partial charge in [0.1, 0.15) is 0 Å². The van der Waals surface area contributed by atoms with Gasteiger partial charge in [-0.3, -0.25) is 0 Å². The highest BCUT2D eigenvalue weighted by molar-refractivity contribution is 5.25. The Kier molecular flexibility index (Phi) is 4.61. The lowest BCUT2D eigenvalue weighted by Crippen LogP contribution is -2.26. The van der Waals surface area contributed by atoms with Crippen molar-refractivity contribution in [3.8, 4) is 0 Å². The van der Waals surface area contributed by atoms with Crippen LogP contribution in [0.5, 0.6) is 0 Å². The summed E-state index contributed by atoms with van der Waals surface area (Å²) in [6.07, 6.45) is 5.36. The average Bonchev–Trinajstić information content (AvgIpc) is 3.14. The third-order valence-electron chi connectivity index (χ3n) is 3.86. The molecule has 1 nitrogen and oxygen atoms in total. The van der Waals surface area contributed by atoms with Crippen LogP contribution in [0.2, 0.25) is 0 Å². The largest absolute Gasteiger partial charge is 0.314 e. The molecule has 1 aliphatic carbocycles. The Labute approximate surface area is 106 Å². The van der Waals surface area contributed by atoms with E-state index in [1.807, 2.05) is 0 Å². The summed E-state index contributed by atoms with van der Waals surface area (Å²) in [7, 11) is 0. The van der Waals surface area contributed by atoms with Crippen molar-refractivity contribution in [2.75, 3.05) is 6.54 Å². The van der Waals surface area contributed by atoms with Crippen molar-refractivity contribution < 1.29 is 0 Å². The van der Waals surface area contributed by atoms with Crippen LogP contribution in [0.25, 0.3) is 0 Å². The number of nitrogens with one attached hydrogen (secondary N) is 1. The monoisotopic (exact) mass is 231 g/mol. The molecule has 0 aromatic heterocycles. The predicted molar refractivity (Wildman–Crippen MR) is 74.3 cm³/mol. The fourth-order valence-electron chi connectivity index (χ4n) is 2.63. The number of benzene rings is 1. The van der Waals surface area contributed by atoms with E-state index in [2.05, 4.69) is 49.5 Å². The van der Waals surface area contributed by atoms with E-state index >= 15 is 0 Å². The second-order valence-corrected chi connectivity index (χ2v) is 5.45. The van der Waals surface area contributed by atoms with Gasteiger partial charge in [0, 0.05) is 6.04 Å². The maximum absolute atomic E-state index is 3.57. The lowest BCUT2D eigenvalue weighted by atomic mass is 10.0. The summed E-state index contributed by atoms with van der Waals surface area (Å²) in [5, 5.41) is 3.57. The number of rotatable bonds is 7. The molecule has 1 aliphatic rings. The van der Waals surface area contributed by atoms with Crippen molar-refractivity contribution in [3.63, 3.8) is 0 Å². The van der Waals surface area contributed by atoms with Gasteiger partial charge in [-0.25, -0.2) is 0 Å². The maximum atomic E-state index is 3.57. The zero-order valence-corrected chi connectivity index (χ0v) is 11.2. The molecule has 0 radical (unpaired) electrons. The first kappa shape index (κ1) is 12.6. The molecular formula is C16H25N. The normalized spacial score (nSPS) is 24.6. The quantitative estimate of drug-likeness (QED) is 0.749. The van der Waals surface area contributed by atoms with Crippen LogP contribution in [0.1, 0.15) is 51.0 Å². The molecule has 0 heterocycles. The van der Waals surface area contributed by atoms with E-state index in [1.54, 1.807) is 5.56 Å². The highest BCUT2D eigenvalue weighted by atomic mass is 14.9. The second-order valence-electron chi connectivity index (χ2n) is 5.45. The van der Waals surface area contributed by atoms with Crippen molar-refractivity contribution in [1.82, 2.24) is 5.32 Å². The zero-order valence-electron chi connectivity index (χ0n) is 11.2. The van der Waals surface area contributed by atoms with E-state index in [1.165, 1.54) is 25.7 Å². The molecule has 0 saturated heterocycles. The fourth-order valence-corrected chi connectivity index (χ4v) is 2.63. The Morgan fingerprint density at radius 3 is 2.76 bits per heavy atom. The van der Waals surface area contributed by atoms with Gasteiger partial charge < -0.3 is 5.32 Å². The first-order chi connectivity index (χ1) is 8.31. The maximum Gasteiger partial charge on any atom is 0.00388 e. The fraction of sp³-hybridized carbons (Fsp3) is 0.625. The molecule has 0 spiro atoms. The minimum atomic E-state index is 0.687. The first-order valence-corrected chi connectivity index (χ1v) is 7.09. The van der Waals surface area contributed by atoms with Crippen LogP contribution in [0.3, 0.4) is 0 Å². The molecule has 3 unspecified atom stereocenters. The van der Waals surface area contributed by atoms with Crippen molar-refractivity contribution in [3.05, 3.63) is 35.9 Å². The van der Waals surface area contributed by atoms with E-state index in [9.17, 15) is 0 Å². The van der Waals surface area contributed by atoms with Crippen LogP contribution >= 0.6 is 0 Å². The van der Waals surface area contributed by atoms with Gasteiger partial charge in [0.2, 0.25) is 0 Å². The van der Waals surface area contributed by atoms with Crippen molar-refractivity contribution in [1.29, 1.82) is 0 Å². The van der Waals surface area contributed by atoms with Gasteiger partial charge in [-0.1, -0.05) is 37.3 Å². The number of hydrogen-bond acceptors (Lipinski definition) is 1. The van der Waals surface area contributed by atoms with Gasteiger partial charge in [-0.15, -0.1) is 0 Å². The summed E-state index contributed by atoms with van der Waals surface area (Å²) in [6.45, 7) is 5.70. The average molecular weight is 231 g/mol. The van der Waals surface area contributed by atoms with E-state index in [4.69, 9.17) is 0 Å². The van der Waals surface area contributed by atoms with Crippen LogP contribution in [-0.2, 0) is 0 Å². The van der Waals surface area contributed by atoms with Gasteiger partial charge in [0.15, 0.2) is 0 Å². The van der Waals surface area contributed by atoms with Crippen LogP contribution in [-0.4, -0.2) is 12.6 Å². The Morgan fingerprint density at radius 2 is 2.06 bits per heavy atom. The Bertz CT molecular complexity index is 320. The van der Waals surface area contributed by atoms with Gasteiger partial charge in [-0.2, -0.15) is 0 Å². The van der Waals surface area contributed by atoms with E-state index in [0.717, 1.165) is 18.4 Å². The minimum absolute atomic E-state index is 0.687. The molecule has 0 aliphatic heterocycles. The summed E-state index contributed by atoms with van der Waals surface area (Å²) in [6, 6.07) is 11.7. The first-order valence-electron chi connectivity index (χ1n) is 7.09. The van der Waals surface area contributed by atoms with E-state index in [0.29, 0.717) is 6.04 Å². The smallest absolute Gasteiger partial charge is 0.00388 e. The zero-order chi connectivity index (χ0) is 12.1. The summed E-state index contributed by atoms with van der Waals surface area (Å²) < 4.78 is 0. The Balaban J connectivity index is 1.67. The molecule has 0 bridgehead atoms. The molecule has 3 atom stereocenters. The van der Waals surface area contributed by atoms with Crippen LogP contribution in [0.15, 0.2) is 30.3 Å². The highest BCUT2D eigenvalue weighted by Gasteiger charge is 2.37. The van der Waals surface area contributed by atoms with Gasteiger partial charge in [-0.05, 0) is 56.6 Å². The molecule has 1 aromatic rings. The molecule has 1 N–H and O–H groups in total. The van der Waals surface area contributed by atoms with E-state index in [-0.39, 0.29) is 0 Å². The minimum Gasteiger partial charge on any atom is -0.314 e. The summed E-state index contributed by atoms with van der Waals surface area (Å²) in [4.78, 5) is 0. The predicted octanol–water partition coefficient (Wildman–Crippen LogP) is 3.96. The molecule has 1 heteroatoms. The third kappa shape index (κ3) is 3.85. The van der Waals surface area contributed by atoms with Gasteiger partial charge >= 0.3 is 0 Å². The van der Waals surface area contributed by atoms with Gasteiger partial charge in [0.25, 0.3) is 0 Å². The van der Waals surface area contributed by atoms with Crippen LogP contribution in [0, 0.1) is 5.92 Å². The molecule has 2 rings (SSSR count). The lowest BCUT2D eigenvalue weighted by molar-refractivity contribution is 0.480. The molecule has 1 saturated carbocycles. The molecule has 0 amide bonds. The lowest BCUT2D eigenvalue weighted by Gasteiger charge is -2.12. The van der Waals surface area contributed by atoms with Crippen molar-refractivity contribution >= 4 is 0 Å². The summed E-state index contributed by atoms with van der Waals surface area (Å²) in [5.74, 6) is 1.80. The standard InChI is InChI=1S/C16H25N/c1-3-11-17-13(2)9-10-15-12-16(15)14-7-5-4-6-8-14/h4-8,13,15-17H,3,9-12H2,1-2H3. The summed E-state index contributed by atoms with van der Waals surface area (Å²) in [5.41, 5.74) is 1.55.